The van der Waals surface area contributed by atoms with E-state index in [1.54, 1.807) is 6.07 Å². The molecule has 0 spiro atoms. The Morgan fingerprint density at radius 3 is 2.62 bits per heavy atom. The minimum Gasteiger partial charge on any atom is -0.396 e. The van der Waals surface area contributed by atoms with E-state index in [-0.39, 0.29) is 22.6 Å². The third kappa shape index (κ3) is 3.73. The molecule has 2 N–H and O–H groups in total. The Bertz CT molecular complexity index is 496. The summed E-state index contributed by atoms with van der Waals surface area (Å²) in [5, 5.41) is 24.1. The third-order valence-corrected chi connectivity index (χ3v) is 4.58. The molecule has 0 unspecified atom stereocenters. The van der Waals surface area contributed by atoms with Gasteiger partial charge in [-0.05, 0) is 25.3 Å². The van der Waals surface area contributed by atoms with E-state index in [2.05, 4.69) is 5.32 Å². The highest BCUT2D eigenvalue weighted by Gasteiger charge is 2.31. The van der Waals surface area contributed by atoms with Gasteiger partial charge in [-0.2, -0.15) is 0 Å². The van der Waals surface area contributed by atoms with Gasteiger partial charge in [-0.1, -0.05) is 32.3 Å². The predicted octanol–water partition coefficient (Wildman–Crippen LogP) is 3.51. The zero-order valence-electron chi connectivity index (χ0n) is 12.6. The molecule has 5 nitrogen and oxygen atoms in total. The first-order chi connectivity index (χ1) is 10.1. The lowest BCUT2D eigenvalue weighted by molar-refractivity contribution is -0.385. The fraction of sp³-hybridized carbons (Fsp3) is 0.625. The number of hydrogen-bond donors (Lipinski definition) is 2. The smallest absolute Gasteiger partial charge is 0.274 e. The summed E-state index contributed by atoms with van der Waals surface area (Å²) in [6, 6.07) is 5.30. The summed E-state index contributed by atoms with van der Waals surface area (Å²) in [6.07, 6.45) is 6.22. The number of hydrogen-bond acceptors (Lipinski definition) is 4. The highest BCUT2D eigenvalue weighted by Crippen LogP contribution is 2.36. The molecule has 21 heavy (non-hydrogen) atoms. The van der Waals surface area contributed by atoms with E-state index in [9.17, 15) is 15.2 Å². The highest BCUT2D eigenvalue weighted by atomic mass is 16.6. The maximum absolute atomic E-state index is 11.1. The predicted molar refractivity (Wildman–Crippen MR) is 83.6 cm³/mol. The van der Waals surface area contributed by atoms with Gasteiger partial charge in [0.15, 0.2) is 0 Å². The maximum Gasteiger partial charge on any atom is 0.274 e. The first-order valence-electron chi connectivity index (χ1n) is 7.72. The van der Waals surface area contributed by atoms with Gasteiger partial charge in [0.25, 0.3) is 5.69 Å². The van der Waals surface area contributed by atoms with Gasteiger partial charge in [-0.25, -0.2) is 0 Å². The van der Waals surface area contributed by atoms with Crippen LogP contribution in [-0.4, -0.2) is 23.2 Å². The molecule has 0 heterocycles. The van der Waals surface area contributed by atoms with Crippen molar-refractivity contribution in [2.24, 2.45) is 5.41 Å². The van der Waals surface area contributed by atoms with Gasteiger partial charge in [-0.15, -0.1) is 0 Å². The number of nitrogens with zero attached hydrogens (tertiary/aromatic N) is 1. The summed E-state index contributed by atoms with van der Waals surface area (Å²) in [5.41, 5.74) is 1.61. The average Bonchev–Trinajstić information content (AvgIpc) is 2.53. The van der Waals surface area contributed by atoms with E-state index < -0.39 is 0 Å². The van der Waals surface area contributed by atoms with Crippen molar-refractivity contribution in [3.63, 3.8) is 0 Å². The van der Waals surface area contributed by atoms with Gasteiger partial charge in [0.1, 0.15) is 0 Å². The minimum atomic E-state index is -0.327. The van der Waals surface area contributed by atoms with Crippen LogP contribution in [0.4, 0.5) is 11.4 Å². The summed E-state index contributed by atoms with van der Waals surface area (Å²) in [7, 11) is 0. The lowest BCUT2D eigenvalue weighted by atomic mass is 9.74. The zero-order chi connectivity index (χ0) is 15.3. The fourth-order valence-corrected chi connectivity index (χ4v) is 3.12. The molecule has 0 bridgehead atoms. The van der Waals surface area contributed by atoms with Crippen LogP contribution in [-0.2, 0) is 6.42 Å². The molecule has 0 atom stereocenters. The summed E-state index contributed by atoms with van der Waals surface area (Å²) in [5.74, 6) is 0. The van der Waals surface area contributed by atoms with Gasteiger partial charge in [0.2, 0.25) is 0 Å². The number of aryl methyl sites for hydroxylation is 1. The van der Waals surface area contributed by atoms with Crippen molar-refractivity contribution in [2.45, 2.75) is 45.4 Å². The molecule has 0 aromatic heterocycles. The van der Waals surface area contributed by atoms with Crippen LogP contribution in [0.1, 0.15) is 44.6 Å². The molecule has 1 aromatic rings. The monoisotopic (exact) mass is 292 g/mol. The first-order valence-corrected chi connectivity index (χ1v) is 7.72. The first kappa shape index (κ1) is 15.8. The third-order valence-electron chi connectivity index (χ3n) is 4.58. The Balaban J connectivity index is 2.09. The molecule has 1 fully saturated rings. The molecule has 2 rings (SSSR count). The van der Waals surface area contributed by atoms with Gasteiger partial charge in [-0.3, -0.25) is 10.1 Å². The molecule has 1 aliphatic rings. The summed E-state index contributed by atoms with van der Waals surface area (Å²) < 4.78 is 0. The molecule has 0 aliphatic heterocycles. The zero-order valence-corrected chi connectivity index (χ0v) is 12.6. The van der Waals surface area contributed by atoms with E-state index >= 15 is 0 Å². The standard InChI is InChI=1S/C16H24N2O3/c1-2-13-6-7-14(10-15(13)18(20)21)17-11-16(12-19)8-4-3-5-9-16/h6-7,10,17,19H,2-5,8-9,11-12H2,1H3. The Labute approximate surface area is 125 Å². The molecule has 1 aromatic carbocycles. The van der Waals surface area contributed by atoms with E-state index in [0.717, 1.165) is 36.9 Å². The number of anilines is 1. The number of nitro benzene ring substituents is 1. The van der Waals surface area contributed by atoms with Crippen molar-refractivity contribution in [1.29, 1.82) is 0 Å². The van der Waals surface area contributed by atoms with E-state index in [4.69, 9.17) is 0 Å². The van der Waals surface area contributed by atoms with E-state index in [1.165, 1.54) is 6.42 Å². The fourth-order valence-electron chi connectivity index (χ4n) is 3.12. The highest BCUT2D eigenvalue weighted by molar-refractivity contribution is 5.55. The van der Waals surface area contributed by atoms with Crippen molar-refractivity contribution in [3.05, 3.63) is 33.9 Å². The van der Waals surface area contributed by atoms with Crippen LogP contribution in [0.2, 0.25) is 0 Å². The molecule has 1 saturated carbocycles. The quantitative estimate of drug-likeness (QED) is 0.621. The SMILES string of the molecule is CCc1ccc(NCC2(CO)CCCCC2)cc1[N+](=O)[O-]. The van der Waals surface area contributed by atoms with E-state index in [1.807, 2.05) is 19.1 Å². The van der Waals surface area contributed by atoms with Crippen molar-refractivity contribution < 1.29 is 10.0 Å². The van der Waals surface area contributed by atoms with Crippen molar-refractivity contribution in [2.75, 3.05) is 18.5 Å². The van der Waals surface area contributed by atoms with Crippen molar-refractivity contribution >= 4 is 11.4 Å². The largest absolute Gasteiger partial charge is 0.396 e. The Morgan fingerprint density at radius 2 is 2.05 bits per heavy atom. The van der Waals surface area contributed by atoms with Gasteiger partial charge < -0.3 is 10.4 Å². The summed E-state index contributed by atoms with van der Waals surface area (Å²) in [4.78, 5) is 10.8. The van der Waals surface area contributed by atoms with Gasteiger partial charge in [0, 0.05) is 29.3 Å². The molecule has 0 radical (unpaired) electrons. The van der Waals surface area contributed by atoms with Crippen LogP contribution in [0.5, 0.6) is 0 Å². The van der Waals surface area contributed by atoms with Crippen LogP contribution >= 0.6 is 0 Å². The normalized spacial score (nSPS) is 17.4. The Kier molecular flexibility index (Phi) is 5.17. The second-order valence-electron chi connectivity index (χ2n) is 6.03. The van der Waals surface area contributed by atoms with Gasteiger partial charge in [0.05, 0.1) is 11.5 Å². The maximum atomic E-state index is 11.1. The number of aliphatic hydroxyl groups is 1. The Hall–Kier alpha value is -1.62. The van der Waals surface area contributed by atoms with Crippen LogP contribution in [0.3, 0.4) is 0 Å². The molecule has 1 aliphatic carbocycles. The molecule has 5 heteroatoms. The number of nitrogens with one attached hydrogen (secondary N) is 1. The second-order valence-corrected chi connectivity index (χ2v) is 6.03. The molecule has 0 amide bonds. The summed E-state index contributed by atoms with van der Waals surface area (Å²) >= 11 is 0. The molecular weight excluding hydrogens is 268 g/mol. The van der Waals surface area contributed by atoms with Gasteiger partial charge >= 0.3 is 0 Å². The van der Waals surface area contributed by atoms with E-state index in [0.29, 0.717) is 13.0 Å². The lowest BCUT2D eigenvalue weighted by Gasteiger charge is -2.36. The minimum absolute atomic E-state index is 0.0730. The van der Waals surface area contributed by atoms with Crippen LogP contribution in [0.25, 0.3) is 0 Å². The average molecular weight is 292 g/mol. The van der Waals surface area contributed by atoms with Crippen molar-refractivity contribution in [3.8, 4) is 0 Å². The Morgan fingerprint density at radius 1 is 1.33 bits per heavy atom. The lowest BCUT2D eigenvalue weighted by Crippen LogP contribution is -2.35. The number of nitro groups is 1. The van der Waals surface area contributed by atoms with Crippen LogP contribution in [0.15, 0.2) is 18.2 Å². The molecule has 0 saturated heterocycles. The molecule has 116 valence electrons. The topological polar surface area (TPSA) is 75.4 Å². The van der Waals surface area contributed by atoms with Crippen LogP contribution in [0, 0.1) is 15.5 Å². The van der Waals surface area contributed by atoms with Crippen LogP contribution < -0.4 is 5.32 Å². The number of benzene rings is 1. The van der Waals surface area contributed by atoms with Crippen molar-refractivity contribution in [1.82, 2.24) is 0 Å². The number of aliphatic hydroxyl groups excluding tert-OH is 1. The summed E-state index contributed by atoms with van der Waals surface area (Å²) in [6.45, 7) is 2.76. The molecular formula is C16H24N2O3. The number of rotatable bonds is 6. The second kappa shape index (κ2) is 6.89.